The minimum absolute atomic E-state index is 0.162. The fraction of sp³-hybridized carbons (Fsp3) is 0. The molecular weight excluding hydrogens is 482 g/mol. The number of hydrogen-bond acceptors (Lipinski definition) is 3. The van der Waals surface area contributed by atoms with Crippen molar-refractivity contribution in [2.45, 2.75) is 0 Å². The van der Waals surface area contributed by atoms with E-state index in [1.807, 2.05) is 60.7 Å². The van der Waals surface area contributed by atoms with Crippen LogP contribution in [0.2, 0.25) is 0 Å². The van der Waals surface area contributed by atoms with E-state index in [1.54, 1.807) is 42.5 Å². The summed E-state index contributed by atoms with van der Waals surface area (Å²) in [6, 6.07) is 29.9. The summed E-state index contributed by atoms with van der Waals surface area (Å²) in [5.41, 5.74) is 7.55. The lowest BCUT2D eigenvalue weighted by Gasteiger charge is -2.34. The summed E-state index contributed by atoms with van der Waals surface area (Å²) in [5, 5.41) is 1.86. The molecule has 0 amide bonds. The molecule has 180 valence electrons. The molecule has 0 bridgehead atoms. The maximum absolute atomic E-state index is 13.1. The van der Waals surface area contributed by atoms with E-state index in [2.05, 4.69) is 14.6 Å². The highest BCUT2D eigenvalue weighted by Crippen LogP contribution is 2.52. The number of rotatable bonds is 2. The van der Waals surface area contributed by atoms with E-state index in [1.165, 1.54) is 0 Å². The van der Waals surface area contributed by atoms with Crippen LogP contribution in [-0.4, -0.2) is 11.6 Å². The van der Waals surface area contributed by atoms with Gasteiger partial charge in [0.1, 0.15) is 0 Å². The smallest absolute Gasteiger partial charge is 0.197 e. The molecule has 1 aliphatic heterocycles. The molecule has 5 nitrogen and oxygen atoms in total. The van der Waals surface area contributed by atoms with E-state index >= 15 is 0 Å². The zero-order chi connectivity index (χ0) is 26.7. The quantitative estimate of drug-likeness (QED) is 0.136. The Hall–Kier alpha value is -5.78. The van der Waals surface area contributed by atoms with Crippen molar-refractivity contribution in [2.75, 3.05) is 4.90 Å². The second-order valence-corrected chi connectivity index (χ2v) is 9.44. The minimum atomic E-state index is -0.260. The highest BCUT2D eigenvalue weighted by atomic mass is 16.2. The van der Waals surface area contributed by atoms with E-state index < -0.39 is 0 Å². The third kappa shape index (κ3) is 3.25. The van der Waals surface area contributed by atoms with Crippen LogP contribution in [0.25, 0.3) is 37.7 Å². The third-order valence-corrected chi connectivity index (χ3v) is 7.38. The number of benzene rings is 5. The molecule has 39 heavy (non-hydrogen) atoms. The number of fused-ring (bicyclic) bond motifs is 3. The van der Waals surface area contributed by atoms with Gasteiger partial charge in [-0.3, -0.25) is 9.59 Å². The van der Waals surface area contributed by atoms with Crippen molar-refractivity contribution in [3.63, 3.8) is 0 Å². The van der Waals surface area contributed by atoms with Gasteiger partial charge in [0.15, 0.2) is 22.9 Å². The zero-order valence-electron chi connectivity index (χ0n) is 20.5. The van der Waals surface area contributed by atoms with Gasteiger partial charge in [0.25, 0.3) is 0 Å². The molecule has 0 fully saturated rings. The second kappa shape index (κ2) is 8.38. The van der Waals surface area contributed by atoms with Crippen molar-refractivity contribution in [2.24, 2.45) is 0 Å². The largest absolute Gasteiger partial charge is 0.309 e. The average molecular weight is 500 g/mol. The van der Waals surface area contributed by atoms with Crippen molar-refractivity contribution in [3.8, 4) is 11.1 Å². The number of nitrogens with zero attached hydrogens (tertiary/aromatic N) is 3. The van der Waals surface area contributed by atoms with Gasteiger partial charge in [-0.15, -0.1) is 0 Å². The molecule has 5 aromatic carbocycles. The van der Waals surface area contributed by atoms with Crippen molar-refractivity contribution < 1.29 is 9.59 Å². The number of allylic oxidation sites excluding steroid dienone is 1. The fourth-order valence-corrected chi connectivity index (χ4v) is 5.59. The van der Waals surface area contributed by atoms with Crippen LogP contribution < -0.4 is 4.90 Å². The van der Waals surface area contributed by atoms with Crippen molar-refractivity contribution >= 4 is 56.9 Å². The maximum Gasteiger partial charge on any atom is 0.197 e. The molecule has 1 heterocycles. The van der Waals surface area contributed by atoms with Crippen LogP contribution in [0.3, 0.4) is 0 Å². The first-order chi connectivity index (χ1) is 19.1. The van der Waals surface area contributed by atoms with E-state index in [0.29, 0.717) is 22.5 Å². The summed E-state index contributed by atoms with van der Waals surface area (Å²) < 4.78 is 0. The van der Waals surface area contributed by atoms with E-state index in [4.69, 9.17) is 13.1 Å². The van der Waals surface area contributed by atoms with Crippen molar-refractivity contribution in [3.05, 3.63) is 142 Å². The number of carbonyl (C=O) groups excluding carboxylic acids is 2. The molecule has 7 rings (SSSR count). The zero-order valence-corrected chi connectivity index (χ0v) is 20.5. The highest BCUT2D eigenvalue weighted by molar-refractivity contribution is 6.41. The molecule has 0 radical (unpaired) electrons. The first kappa shape index (κ1) is 22.4. The molecule has 0 aromatic heterocycles. The minimum Gasteiger partial charge on any atom is -0.309 e. The monoisotopic (exact) mass is 499 g/mol. The van der Waals surface area contributed by atoms with Gasteiger partial charge in [-0.1, -0.05) is 66.7 Å². The number of carbonyl (C=O) groups is 2. The predicted molar refractivity (Wildman–Crippen MR) is 153 cm³/mol. The van der Waals surface area contributed by atoms with Gasteiger partial charge >= 0.3 is 0 Å². The molecule has 0 saturated carbocycles. The summed E-state index contributed by atoms with van der Waals surface area (Å²) in [4.78, 5) is 35.6. The average Bonchev–Trinajstić information content (AvgIpc) is 3.23. The van der Waals surface area contributed by atoms with Gasteiger partial charge in [0.05, 0.1) is 30.1 Å². The Morgan fingerprint density at radius 1 is 0.615 bits per heavy atom. The van der Waals surface area contributed by atoms with Crippen molar-refractivity contribution in [1.29, 1.82) is 0 Å². The van der Waals surface area contributed by atoms with E-state index in [0.717, 1.165) is 44.5 Å². The standard InChI is InChI=1S/C34H17N3O2/c1-35-21-11-14-23(15-12-21)37-30-17-13-22(36-2)19-28(30)25-9-5-8-24-20(10-16-31(37)32(24)25)18-29-33(38)26-6-3-4-7-27(26)34(29)39/h3-19H. The van der Waals surface area contributed by atoms with Crippen molar-refractivity contribution in [1.82, 2.24) is 0 Å². The summed E-state index contributed by atoms with van der Waals surface area (Å²) in [6.07, 6.45) is 1.70. The Kier molecular flexibility index (Phi) is 4.82. The molecule has 0 unspecified atom stereocenters. The molecular formula is C34H17N3O2. The molecule has 0 saturated heterocycles. The van der Waals surface area contributed by atoms with Gasteiger partial charge in [-0.25, -0.2) is 9.69 Å². The van der Waals surface area contributed by atoms with Crippen LogP contribution in [0.4, 0.5) is 28.4 Å². The topological polar surface area (TPSA) is 46.1 Å². The summed E-state index contributed by atoms with van der Waals surface area (Å²) >= 11 is 0. The molecule has 0 N–H and O–H groups in total. The van der Waals surface area contributed by atoms with Crippen LogP contribution in [-0.2, 0) is 0 Å². The Morgan fingerprint density at radius 3 is 1.95 bits per heavy atom. The van der Waals surface area contributed by atoms with Crippen LogP contribution in [0.15, 0.2) is 103 Å². The van der Waals surface area contributed by atoms with E-state index in [9.17, 15) is 9.59 Å². The van der Waals surface area contributed by atoms with Gasteiger partial charge in [-0.05, 0) is 58.5 Å². The third-order valence-electron chi connectivity index (χ3n) is 7.38. The Labute approximate surface area is 224 Å². The van der Waals surface area contributed by atoms with Gasteiger partial charge in [-0.2, -0.15) is 0 Å². The second-order valence-electron chi connectivity index (χ2n) is 9.44. The molecule has 1 aliphatic carbocycles. The number of anilines is 3. The molecule has 0 spiro atoms. The molecule has 2 aliphatic rings. The van der Waals surface area contributed by atoms with Gasteiger partial charge < -0.3 is 4.90 Å². The lowest BCUT2D eigenvalue weighted by molar-refractivity contribution is 0.0990. The summed E-state index contributed by atoms with van der Waals surface area (Å²) in [7, 11) is 0. The number of ketones is 2. The Morgan fingerprint density at radius 2 is 1.26 bits per heavy atom. The SMILES string of the molecule is [C-]#[N+]c1ccc(N2c3ccc([N+]#[C-])cc3-c3cccc4c(C=C5C(=O)c6ccccc6C5=O)ccc2c34)cc1. The molecule has 0 atom stereocenters. The fourth-order valence-electron chi connectivity index (χ4n) is 5.59. The lowest BCUT2D eigenvalue weighted by Crippen LogP contribution is -2.15. The number of hydrogen-bond donors (Lipinski definition) is 0. The molecule has 5 aromatic rings. The highest BCUT2D eigenvalue weighted by Gasteiger charge is 2.33. The summed E-state index contributed by atoms with van der Waals surface area (Å²) in [5.74, 6) is -0.519. The first-order valence-corrected chi connectivity index (χ1v) is 12.3. The Balaban J connectivity index is 1.49. The van der Waals surface area contributed by atoms with Crippen LogP contribution in [0.1, 0.15) is 26.3 Å². The van der Waals surface area contributed by atoms with Crippen LogP contribution >= 0.6 is 0 Å². The van der Waals surface area contributed by atoms with Gasteiger partial charge in [0, 0.05) is 22.2 Å². The molecule has 5 heteroatoms. The van der Waals surface area contributed by atoms with Crippen LogP contribution in [0, 0.1) is 13.1 Å². The summed E-state index contributed by atoms with van der Waals surface area (Å²) in [6.45, 7) is 14.9. The normalized spacial score (nSPS) is 13.1. The Bertz CT molecular complexity index is 1980. The first-order valence-electron chi connectivity index (χ1n) is 12.3. The van der Waals surface area contributed by atoms with E-state index in [-0.39, 0.29) is 17.1 Å². The van der Waals surface area contributed by atoms with Gasteiger partial charge in [0.2, 0.25) is 0 Å². The predicted octanol–water partition coefficient (Wildman–Crippen LogP) is 8.85. The lowest BCUT2D eigenvalue weighted by atomic mass is 9.88. The van der Waals surface area contributed by atoms with Crippen LogP contribution in [0.5, 0.6) is 0 Å². The maximum atomic E-state index is 13.1. The number of Topliss-reactive ketones (excluding diaryl/α,β-unsaturated/α-hetero) is 2.